The second-order valence-corrected chi connectivity index (χ2v) is 6.80. The zero-order valence-corrected chi connectivity index (χ0v) is 10.1. The molecule has 0 heterocycles. The first kappa shape index (κ1) is 10.8. The van der Waals surface area contributed by atoms with E-state index in [0.717, 1.165) is 17.7 Å². The van der Waals surface area contributed by atoms with Crippen molar-refractivity contribution in [2.75, 3.05) is 6.54 Å². The summed E-state index contributed by atoms with van der Waals surface area (Å²) in [5.41, 5.74) is 6.02. The molecular weight excluding hydrogens is 190 g/mol. The van der Waals surface area contributed by atoms with Crippen LogP contribution in [-0.4, -0.2) is 16.5 Å². The summed E-state index contributed by atoms with van der Waals surface area (Å²) >= 11 is 2.25. The molecule has 0 aromatic rings. The minimum Gasteiger partial charge on any atom is -0.329 e. The molecule has 0 amide bonds. The molecule has 2 rings (SSSR count). The highest BCUT2D eigenvalue weighted by atomic mass is 32.2. The van der Waals surface area contributed by atoms with Crippen LogP contribution < -0.4 is 5.73 Å². The smallest absolute Gasteiger partial charge is 0.0310 e. The third kappa shape index (κ3) is 1.96. The Morgan fingerprint density at radius 2 is 1.93 bits per heavy atom. The minimum absolute atomic E-state index is 0.453. The topological polar surface area (TPSA) is 26.0 Å². The van der Waals surface area contributed by atoms with Crippen molar-refractivity contribution in [3.05, 3.63) is 0 Å². The summed E-state index contributed by atoms with van der Waals surface area (Å²) < 4.78 is 0.453. The first-order valence-corrected chi connectivity index (χ1v) is 7.03. The molecule has 2 aliphatic carbocycles. The Morgan fingerprint density at radius 1 is 1.21 bits per heavy atom. The van der Waals surface area contributed by atoms with Gasteiger partial charge in [0, 0.05) is 16.5 Å². The van der Waals surface area contributed by atoms with Gasteiger partial charge in [-0.05, 0) is 31.6 Å². The average molecular weight is 213 g/mol. The predicted octanol–water partition coefficient (Wildman–Crippen LogP) is 3.18. The molecule has 14 heavy (non-hydrogen) atoms. The van der Waals surface area contributed by atoms with Gasteiger partial charge in [0.1, 0.15) is 0 Å². The van der Waals surface area contributed by atoms with Gasteiger partial charge in [-0.3, -0.25) is 0 Å². The van der Waals surface area contributed by atoms with Gasteiger partial charge in [0.15, 0.2) is 0 Å². The van der Waals surface area contributed by atoms with Gasteiger partial charge >= 0.3 is 0 Å². The van der Waals surface area contributed by atoms with Gasteiger partial charge < -0.3 is 5.73 Å². The molecule has 2 unspecified atom stereocenters. The Hall–Kier alpha value is 0.310. The predicted molar refractivity (Wildman–Crippen MR) is 64.6 cm³/mol. The molecule has 0 aromatic carbocycles. The molecule has 2 aliphatic rings. The van der Waals surface area contributed by atoms with Crippen molar-refractivity contribution in [3.8, 4) is 0 Å². The number of hydrogen-bond acceptors (Lipinski definition) is 2. The molecule has 1 nitrogen and oxygen atoms in total. The van der Waals surface area contributed by atoms with E-state index in [0.29, 0.717) is 4.75 Å². The lowest BCUT2D eigenvalue weighted by molar-refractivity contribution is 0.473. The average Bonchev–Trinajstić information content (AvgIpc) is 2.79. The Balaban J connectivity index is 1.97. The molecular formula is C12H23NS. The highest BCUT2D eigenvalue weighted by Crippen LogP contribution is 2.49. The van der Waals surface area contributed by atoms with E-state index in [-0.39, 0.29) is 0 Å². The van der Waals surface area contributed by atoms with Crippen molar-refractivity contribution in [2.24, 2.45) is 11.7 Å². The van der Waals surface area contributed by atoms with Crippen molar-refractivity contribution in [1.82, 2.24) is 0 Å². The molecule has 2 saturated carbocycles. The number of thioether (sulfide) groups is 1. The van der Waals surface area contributed by atoms with E-state index in [1.54, 1.807) is 0 Å². The van der Waals surface area contributed by atoms with E-state index in [1.807, 2.05) is 0 Å². The van der Waals surface area contributed by atoms with E-state index < -0.39 is 0 Å². The molecule has 0 bridgehead atoms. The van der Waals surface area contributed by atoms with Crippen molar-refractivity contribution in [2.45, 2.75) is 61.9 Å². The fraction of sp³-hybridized carbons (Fsp3) is 1.00. The second kappa shape index (κ2) is 4.44. The monoisotopic (exact) mass is 213 g/mol. The van der Waals surface area contributed by atoms with E-state index in [1.165, 1.54) is 44.9 Å². The van der Waals surface area contributed by atoms with Crippen LogP contribution in [-0.2, 0) is 0 Å². The standard InChI is InChI=1S/C12H23NS/c1-10-5-4-8-12(10,9-13)14-11-6-2-3-7-11/h10-11H,2-9,13H2,1H3. The first-order chi connectivity index (χ1) is 6.77. The highest BCUT2D eigenvalue weighted by molar-refractivity contribution is 8.01. The van der Waals surface area contributed by atoms with Gasteiger partial charge in [-0.2, -0.15) is 11.8 Å². The molecule has 2 heteroatoms. The zero-order valence-electron chi connectivity index (χ0n) is 9.30. The maximum Gasteiger partial charge on any atom is 0.0310 e. The molecule has 2 fully saturated rings. The lowest BCUT2D eigenvalue weighted by Gasteiger charge is -2.34. The summed E-state index contributed by atoms with van der Waals surface area (Å²) in [7, 11) is 0. The maximum absolute atomic E-state index is 6.02. The molecule has 2 N–H and O–H groups in total. The summed E-state index contributed by atoms with van der Waals surface area (Å²) in [5, 5.41) is 0.930. The fourth-order valence-corrected chi connectivity index (χ4v) is 5.02. The highest BCUT2D eigenvalue weighted by Gasteiger charge is 2.41. The fourth-order valence-electron chi connectivity index (χ4n) is 3.08. The largest absolute Gasteiger partial charge is 0.329 e. The van der Waals surface area contributed by atoms with Crippen LogP contribution in [0.1, 0.15) is 51.9 Å². The van der Waals surface area contributed by atoms with Crippen molar-refractivity contribution in [1.29, 1.82) is 0 Å². The lowest BCUT2D eigenvalue weighted by atomic mass is 9.97. The molecule has 82 valence electrons. The quantitative estimate of drug-likeness (QED) is 0.779. The van der Waals surface area contributed by atoms with Crippen LogP contribution in [0.2, 0.25) is 0 Å². The number of nitrogens with two attached hydrogens (primary N) is 1. The van der Waals surface area contributed by atoms with Crippen LogP contribution in [0.4, 0.5) is 0 Å². The van der Waals surface area contributed by atoms with Gasteiger partial charge in [0.05, 0.1) is 0 Å². The Morgan fingerprint density at radius 3 is 2.43 bits per heavy atom. The molecule has 2 atom stereocenters. The summed E-state index contributed by atoms with van der Waals surface area (Å²) in [6, 6.07) is 0. The molecule has 0 saturated heterocycles. The number of hydrogen-bond donors (Lipinski definition) is 1. The van der Waals surface area contributed by atoms with Crippen LogP contribution in [0.5, 0.6) is 0 Å². The summed E-state index contributed by atoms with van der Waals surface area (Å²) in [5.74, 6) is 0.845. The van der Waals surface area contributed by atoms with E-state index >= 15 is 0 Å². The third-order valence-corrected chi connectivity index (χ3v) is 6.23. The Labute approximate surface area is 92.2 Å². The normalized spacial score (nSPS) is 39.4. The van der Waals surface area contributed by atoms with Crippen LogP contribution in [0.3, 0.4) is 0 Å². The molecule has 0 spiro atoms. The van der Waals surface area contributed by atoms with E-state index in [9.17, 15) is 0 Å². The Bertz CT molecular complexity index is 189. The van der Waals surface area contributed by atoms with Crippen LogP contribution >= 0.6 is 11.8 Å². The Kier molecular flexibility index (Phi) is 3.43. The van der Waals surface area contributed by atoms with Gasteiger partial charge in [-0.25, -0.2) is 0 Å². The first-order valence-electron chi connectivity index (χ1n) is 6.15. The maximum atomic E-state index is 6.02. The summed E-state index contributed by atoms with van der Waals surface area (Å²) in [4.78, 5) is 0. The van der Waals surface area contributed by atoms with Gasteiger partial charge in [0.25, 0.3) is 0 Å². The third-order valence-electron chi connectivity index (χ3n) is 4.18. The van der Waals surface area contributed by atoms with Crippen molar-refractivity contribution < 1.29 is 0 Å². The lowest BCUT2D eigenvalue weighted by Crippen LogP contribution is -2.38. The summed E-state index contributed by atoms with van der Waals surface area (Å²) in [6.07, 6.45) is 9.96. The summed E-state index contributed by atoms with van der Waals surface area (Å²) in [6.45, 7) is 3.30. The molecule has 0 radical (unpaired) electrons. The van der Waals surface area contributed by atoms with Gasteiger partial charge in [-0.1, -0.05) is 26.2 Å². The number of rotatable bonds is 3. The second-order valence-electron chi connectivity index (χ2n) is 5.09. The van der Waals surface area contributed by atoms with Crippen LogP contribution in [0, 0.1) is 5.92 Å². The molecule has 0 aliphatic heterocycles. The SMILES string of the molecule is CC1CCCC1(CN)SC1CCCC1. The van der Waals surface area contributed by atoms with Crippen molar-refractivity contribution in [3.63, 3.8) is 0 Å². The molecule has 0 aromatic heterocycles. The van der Waals surface area contributed by atoms with Crippen LogP contribution in [0.15, 0.2) is 0 Å². The zero-order chi connectivity index (χ0) is 10.0. The van der Waals surface area contributed by atoms with E-state index in [4.69, 9.17) is 5.73 Å². The minimum atomic E-state index is 0.453. The van der Waals surface area contributed by atoms with E-state index in [2.05, 4.69) is 18.7 Å². The van der Waals surface area contributed by atoms with Gasteiger partial charge in [-0.15, -0.1) is 0 Å². The van der Waals surface area contributed by atoms with Gasteiger partial charge in [0.2, 0.25) is 0 Å². The van der Waals surface area contributed by atoms with Crippen LogP contribution in [0.25, 0.3) is 0 Å². The van der Waals surface area contributed by atoms with Crippen molar-refractivity contribution >= 4 is 11.8 Å².